The van der Waals surface area contributed by atoms with E-state index in [4.69, 9.17) is 4.74 Å². The molecule has 0 amide bonds. The van der Waals surface area contributed by atoms with Gasteiger partial charge in [-0.2, -0.15) is 0 Å². The van der Waals surface area contributed by atoms with Gasteiger partial charge in [-0.25, -0.2) is 9.97 Å². The quantitative estimate of drug-likeness (QED) is 0.374. The Bertz CT molecular complexity index is 489. The van der Waals surface area contributed by atoms with E-state index in [9.17, 15) is 0 Å². The fourth-order valence-electron chi connectivity index (χ4n) is 2.72. The van der Waals surface area contributed by atoms with Crippen LogP contribution < -0.4 is 15.5 Å². The first kappa shape index (κ1) is 19.4. The highest BCUT2D eigenvalue weighted by molar-refractivity contribution is 5.79. The maximum absolute atomic E-state index is 5.05. The molecule has 2 rings (SSSR count). The molecule has 0 radical (unpaired) electrons. The second-order valence-corrected chi connectivity index (χ2v) is 5.91. The van der Waals surface area contributed by atoms with Crippen LogP contribution in [-0.4, -0.2) is 86.9 Å². The molecule has 8 nitrogen and oxygen atoms in total. The molecule has 1 fully saturated rings. The van der Waals surface area contributed by atoms with Gasteiger partial charge in [0.2, 0.25) is 5.95 Å². The zero-order valence-corrected chi connectivity index (χ0v) is 15.4. The molecule has 0 spiro atoms. The predicted octanol–water partition coefficient (Wildman–Crippen LogP) is 0.190. The fraction of sp³-hybridized carbons (Fsp3) is 0.706. The molecule has 1 aromatic rings. The first-order valence-electron chi connectivity index (χ1n) is 9.09. The lowest BCUT2D eigenvalue weighted by Gasteiger charge is -2.34. The van der Waals surface area contributed by atoms with Crippen molar-refractivity contribution >= 4 is 11.9 Å². The van der Waals surface area contributed by atoms with Crippen molar-refractivity contribution in [1.29, 1.82) is 0 Å². The van der Waals surface area contributed by atoms with Gasteiger partial charge in [0.05, 0.1) is 6.61 Å². The monoisotopic (exact) mass is 349 g/mol. The Morgan fingerprint density at radius 1 is 1.20 bits per heavy atom. The topological polar surface area (TPSA) is 77.9 Å². The molecule has 25 heavy (non-hydrogen) atoms. The SMILES string of the molecule is CCNC(=NCCCN1CCN(c2ncccn2)CC1)NCCOC. The predicted molar refractivity (Wildman–Crippen MR) is 101 cm³/mol. The molecule has 1 aromatic heterocycles. The molecule has 8 heteroatoms. The number of nitrogens with one attached hydrogen (secondary N) is 2. The van der Waals surface area contributed by atoms with Crippen molar-refractivity contribution in [1.82, 2.24) is 25.5 Å². The van der Waals surface area contributed by atoms with Crippen LogP contribution in [0.25, 0.3) is 0 Å². The molecule has 1 aliphatic heterocycles. The van der Waals surface area contributed by atoms with Gasteiger partial charge in [0.15, 0.2) is 5.96 Å². The van der Waals surface area contributed by atoms with Gasteiger partial charge in [0, 0.05) is 71.9 Å². The Morgan fingerprint density at radius 2 is 1.96 bits per heavy atom. The standard InChI is InChI=1S/C17H31N7O/c1-3-18-16(20-9-15-25-2)19-8-5-10-23-11-13-24(14-12-23)17-21-6-4-7-22-17/h4,6-7H,3,5,8-15H2,1-2H3,(H2,18,19,20). The highest BCUT2D eigenvalue weighted by Crippen LogP contribution is 2.09. The number of rotatable bonds is 9. The minimum atomic E-state index is 0.680. The van der Waals surface area contributed by atoms with Crippen molar-refractivity contribution in [3.63, 3.8) is 0 Å². The molecule has 2 N–H and O–H groups in total. The molecule has 0 bridgehead atoms. The summed E-state index contributed by atoms with van der Waals surface area (Å²) in [6.07, 6.45) is 4.66. The van der Waals surface area contributed by atoms with E-state index in [1.54, 1.807) is 19.5 Å². The maximum atomic E-state index is 5.05. The third kappa shape index (κ3) is 7.23. The summed E-state index contributed by atoms with van der Waals surface area (Å²) >= 11 is 0. The van der Waals surface area contributed by atoms with Crippen molar-refractivity contribution in [3.8, 4) is 0 Å². The van der Waals surface area contributed by atoms with Crippen LogP contribution in [0.5, 0.6) is 0 Å². The molecular weight excluding hydrogens is 318 g/mol. The van der Waals surface area contributed by atoms with Gasteiger partial charge in [-0.15, -0.1) is 0 Å². The zero-order valence-electron chi connectivity index (χ0n) is 15.4. The number of aromatic nitrogens is 2. The molecule has 0 saturated carbocycles. The molecule has 140 valence electrons. The Labute approximate surface area is 150 Å². The van der Waals surface area contributed by atoms with Crippen LogP contribution in [0.2, 0.25) is 0 Å². The van der Waals surface area contributed by atoms with Gasteiger partial charge in [0.1, 0.15) is 0 Å². The average molecular weight is 349 g/mol. The van der Waals surface area contributed by atoms with Crippen molar-refractivity contribution in [3.05, 3.63) is 18.5 Å². The summed E-state index contributed by atoms with van der Waals surface area (Å²) < 4.78 is 5.05. The Morgan fingerprint density at radius 3 is 2.64 bits per heavy atom. The number of hydrogen-bond donors (Lipinski definition) is 2. The van der Waals surface area contributed by atoms with Crippen LogP contribution >= 0.6 is 0 Å². The highest BCUT2D eigenvalue weighted by atomic mass is 16.5. The molecule has 0 atom stereocenters. The van der Waals surface area contributed by atoms with Crippen LogP contribution in [0.15, 0.2) is 23.5 Å². The van der Waals surface area contributed by atoms with Crippen LogP contribution in [0, 0.1) is 0 Å². The smallest absolute Gasteiger partial charge is 0.225 e. The van der Waals surface area contributed by atoms with E-state index in [2.05, 4.69) is 42.3 Å². The lowest BCUT2D eigenvalue weighted by atomic mass is 10.3. The fourth-order valence-corrected chi connectivity index (χ4v) is 2.72. The van der Waals surface area contributed by atoms with E-state index in [-0.39, 0.29) is 0 Å². The minimum Gasteiger partial charge on any atom is -0.383 e. The number of guanidine groups is 1. The third-order valence-electron chi connectivity index (χ3n) is 4.05. The van der Waals surface area contributed by atoms with Gasteiger partial charge >= 0.3 is 0 Å². The highest BCUT2D eigenvalue weighted by Gasteiger charge is 2.17. The largest absolute Gasteiger partial charge is 0.383 e. The van der Waals surface area contributed by atoms with E-state index >= 15 is 0 Å². The van der Waals surface area contributed by atoms with Crippen molar-refractivity contribution < 1.29 is 4.74 Å². The summed E-state index contributed by atoms with van der Waals surface area (Å²) in [5.74, 6) is 1.70. The van der Waals surface area contributed by atoms with E-state index in [1.165, 1.54) is 0 Å². The molecule has 1 saturated heterocycles. The van der Waals surface area contributed by atoms with Gasteiger partial charge in [0.25, 0.3) is 0 Å². The third-order valence-corrected chi connectivity index (χ3v) is 4.05. The number of nitrogens with zero attached hydrogens (tertiary/aromatic N) is 5. The van der Waals surface area contributed by atoms with Gasteiger partial charge < -0.3 is 20.3 Å². The number of aliphatic imine (C=N–C) groups is 1. The summed E-state index contributed by atoms with van der Waals surface area (Å²) in [4.78, 5) is 18.0. The second kappa shape index (κ2) is 11.6. The van der Waals surface area contributed by atoms with Gasteiger partial charge in [-0.3, -0.25) is 9.89 Å². The van der Waals surface area contributed by atoms with Crippen LogP contribution in [-0.2, 0) is 4.74 Å². The minimum absolute atomic E-state index is 0.680. The Hall–Kier alpha value is -1.93. The molecule has 0 aliphatic carbocycles. The van der Waals surface area contributed by atoms with Crippen molar-refractivity contribution in [2.24, 2.45) is 4.99 Å². The number of hydrogen-bond acceptors (Lipinski definition) is 6. The summed E-state index contributed by atoms with van der Waals surface area (Å²) in [6, 6.07) is 1.85. The van der Waals surface area contributed by atoms with Crippen molar-refractivity contribution in [2.45, 2.75) is 13.3 Å². The normalized spacial score (nSPS) is 16.1. The molecule has 1 aliphatic rings. The maximum Gasteiger partial charge on any atom is 0.225 e. The molecule has 0 unspecified atom stereocenters. The van der Waals surface area contributed by atoms with Crippen molar-refractivity contribution in [2.75, 3.05) is 71.0 Å². The number of methoxy groups -OCH3 is 1. The summed E-state index contributed by atoms with van der Waals surface area (Å²) in [5.41, 5.74) is 0. The number of anilines is 1. The zero-order chi connectivity index (χ0) is 17.7. The van der Waals surface area contributed by atoms with E-state index in [1.807, 2.05) is 6.07 Å². The lowest BCUT2D eigenvalue weighted by molar-refractivity contribution is 0.203. The summed E-state index contributed by atoms with van der Waals surface area (Å²) in [7, 11) is 1.70. The Kier molecular flexibility index (Phi) is 9.00. The van der Waals surface area contributed by atoms with Crippen LogP contribution in [0.1, 0.15) is 13.3 Å². The first-order chi connectivity index (χ1) is 12.3. The molecule has 0 aromatic carbocycles. The van der Waals surface area contributed by atoms with Crippen LogP contribution in [0.3, 0.4) is 0 Å². The second-order valence-electron chi connectivity index (χ2n) is 5.91. The van der Waals surface area contributed by atoms with Crippen LogP contribution in [0.4, 0.5) is 5.95 Å². The lowest BCUT2D eigenvalue weighted by Crippen LogP contribution is -2.47. The summed E-state index contributed by atoms with van der Waals surface area (Å²) in [5, 5.41) is 6.52. The van der Waals surface area contributed by atoms with Gasteiger partial charge in [-0.05, 0) is 19.4 Å². The number of ether oxygens (including phenoxy) is 1. The molecular formula is C17H31N7O. The Balaban J connectivity index is 1.64. The first-order valence-corrected chi connectivity index (χ1v) is 9.09. The summed E-state index contributed by atoms with van der Waals surface area (Å²) in [6.45, 7) is 10.3. The molecule has 2 heterocycles. The average Bonchev–Trinajstić information content (AvgIpc) is 2.66. The van der Waals surface area contributed by atoms with E-state index < -0.39 is 0 Å². The van der Waals surface area contributed by atoms with E-state index in [0.717, 1.165) is 70.7 Å². The van der Waals surface area contributed by atoms with E-state index in [0.29, 0.717) is 6.61 Å². The van der Waals surface area contributed by atoms with Gasteiger partial charge in [-0.1, -0.05) is 0 Å². The number of piperazine rings is 1.